The average Bonchev–Trinajstić information content (AvgIpc) is 2.87. The van der Waals surface area contributed by atoms with Crippen LogP contribution in [0.3, 0.4) is 0 Å². The Morgan fingerprint density at radius 1 is 1.60 bits per heavy atom. The van der Waals surface area contributed by atoms with Crippen LogP contribution in [0.15, 0.2) is 4.42 Å². The molecule has 1 N–H and O–H groups in total. The molecule has 1 fully saturated rings. The molecule has 1 saturated carbocycles. The summed E-state index contributed by atoms with van der Waals surface area (Å²) in [6.07, 6.45) is 2.18. The minimum absolute atomic E-state index is 0.119. The molecular weight excluding hydrogens is 194 g/mol. The Bertz CT molecular complexity index is 358. The van der Waals surface area contributed by atoms with Gasteiger partial charge in [0.25, 0.3) is 0 Å². The molecule has 0 aliphatic heterocycles. The summed E-state index contributed by atoms with van der Waals surface area (Å²) in [5.74, 6) is 1.10. The van der Waals surface area contributed by atoms with Crippen LogP contribution in [0.1, 0.15) is 55.9 Å². The average molecular weight is 209 g/mol. The van der Waals surface area contributed by atoms with Crippen LogP contribution in [0.25, 0.3) is 0 Å². The Hall–Kier alpha value is -1.32. The molecule has 0 radical (unpaired) electrons. The summed E-state index contributed by atoms with van der Waals surface area (Å²) in [6.45, 7) is 4.08. The minimum Gasteiger partial charge on any atom is -0.481 e. The summed E-state index contributed by atoms with van der Waals surface area (Å²) in [5.41, 5.74) is 0.987. The molecule has 0 saturated heterocycles. The van der Waals surface area contributed by atoms with Crippen LogP contribution in [0.4, 0.5) is 0 Å². The quantitative estimate of drug-likeness (QED) is 0.826. The molecule has 0 atom stereocenters. The first-order valence-corrected chi connectivity index (χ1v) is 5.29. The molecule has 1 aliphatic carbocycles. The molecule has 1 aromatic heterocycles. The van der Waals surface area contributed by atoms with Gasteiger partial charge in [-0.2, -0.15) is 0 Å². The third-order valence-corrected chi connectivity index (χ3v) is 2.52. The molecule has 4 heteroatoms. The van der Waals surface area contributed by atoms with E-state index in [0.717, 1.165) is 24.3 Å². The van der Waals surface area contributed by atoms with Crippen molar-refractivity contribution in [2.24, 2.45) is 0 Å². The van der Waals surface area contributed by atoms with Gasteiger partial charge in [0.05, 0.1) is 5.69 Å². The SMILES string of the molecule is CC(C)c1oc(CC(=O)O)nc1C1CC1. The lowest BCUT2D eigenvalue weighted by atomic mass is 10.1. The zero-order chi connectivity index (χ0) is 11.0. The molecule has 1 heterocycles. The van der Waals surface area contributed by atoms with E-state index in [1.165, 1.54) is 0 Å². The van der Waals surface area contributed by atoms with Crippen molar-refractivity contribution in [3.8, 4) is 0 Å². The van der Waals surface area contributed by atoms with E-state index in [9.17, 15) is 4.79 Å². The number of carbonyl (C=O) groups is 1. The van der Waals surface area contributed by atoms with Crippen LogP contribution in [0.2, 0.25) is 0 Å². The van der Waals surface area contributed by atoms with Gasteiger partial charge in [0.1, 0.15) is 12.2 Å². The number of carboxylic acids is 1. The topological polar surface area (TPSA) is 63.3 Å². The van der Waals surface area contributed by atoms with Gasteiger partial charge in [0, 0.05) is 11.8 Å². The van der Waals surface area contributed by atoms with Gasteiger partial charge in [-0.25, -0.2) is 4.98 Å². The number of nitrogens with zero attached hydrogens (tertiary/aromatic N) is 1. The van der Waals surface area contributed by atoms with E-state index >= 15 is 0 Å². The van der Waals surface area contributed by atoms with Gasteiger partial charge in [-0.1, -0.05) is 13.8 Å². The number of oxazole rings is 1. The summed E-state index contributed by atoms with van der Waals surface area (Å²) in [4.78, 5) is 14.8. The fraction of sp³-hybridized carbons (Fsp3) is 0.636. The van der Waals surface area contributed by atoms with Gasteiger partial charge >= 0.3 is 5.97 Å². The second-order valence-corrected chi connectivity index (χ2v) is 4.36. The third-order valence-electron chi connectivity index (χ3n) is 2.52. The Morgan fingerprint density at radius 3 is 2.73 bits per heavy atom. The molecule has 1 aromatic rings. The molecule has 15 heavy (non-hydrogen) atoms. The van der Waals surface area contributed by atoms with Crippen LogP contribution in [0.5, 0.6) is 0 Å². The second-order valence-electron chi connectivity index (χ2n) is 4.36. The maximum absolute atomic E-state index is 10.5. The van der Waals surface area contributed by atoms with Gasteiger partial charge in [0.2, 0.25) is 5.89 Å². The fourth-order valence-electron chi connectivity index (χ4n) is 1.66. The van der Waals surface area contributed by atoms with Crippen molar-refractivity contribution in [1.82, 2.24) is 4.98 Å². The van der Waals surface area contributed by atoms with E-state index in [1.807, 2.05) is 13.8 Å². The molecule has 0 amide bonds. The Labute approximate surface area is 88.3 Å². The molecule has 82 valence electrons. The van der Waals surface area contributed by atoms with E-state index in [4.69, 9.17) is 9.52 Å². The number of aliphatic carboxylic acids is 1. The van der Waals surface area contributed by atoms with Gasteiger partial charge in [-0.3, -0.25) is 4.79 Å². The smallest absolute Gasteiger partial charge is 0.312 e. The lowest BCUT2D eigenvalue weighted by Gasteiger charge is -2.01. The molecule has 2 rings (SSSR count). The summed E-state index contributed by atoms with van der Waals surface area (Å²) < 4.78 is 5.50. The first-order valence-electron chi connectivity index (χ1n) is 5.29. The van der Waals surface area contributed by atoms with Crippen molar-refractivity contribution in [2.45, 2.75) is 44.9 Å². The van der Waals surface area contributed by atoms with E-state index in [2.05, 4.69) is 4.98 Å². The molecule has 1 aliphatic rings. The Morgan fingerprint density at radius 2 is 2.27 bits per heavy atom. The molecular formula is C11H15NO3. The lowest BCUT2D eigenvalue weighted by Crippen LogP contribution is -2.00. The number of hydrogen-bond donors (Lipinski definition) is 1. The first kappa shape index (κ1) is 10.2. The third kappa shape index (κ3) is 2.19. The highest BCUT2D eigenvalue weighted by Gasteiger charge is 2.31. The summed E-state index contributed by atoms with van der Waals surface area (Å²) in [6, 6.07) is 0. The maximum Gasteiger partial charge on any atom is 0.312 e. The minimum atomic E-state index is -0.895. The highest BCUT2D eigenvalue weighted by Crippen LogP contribution is 2.43. The molecule has 0 bridgehead atoms. The van der Waals surface area contributed by atoms with Crippen LogP contribution in [-0.4, -0.2) is 16.1 Å². The van der Waals surface area contributed by atoms with Crippen molar-refractivity contribution in [2.75, 3.05) is 0 Å². The largest absolute Gasteiger partial charge is 0.481 e. The van der Waals surface area contributed by atoms with E-state index < -0.39 is 5.97 Å². The number of aromatic nitrogens is 1. The highest BCUT2D eigenvalue weighted by molar-refractivity contribution is 5.68. The van der Waals surface area contributed by atoms with Crippen LogP contribution < -0.4 is 0 Å². The summed E-state index contributed by atoms with van der Waals surface area (Å²) >= 11 is 0. The highest BCUT2D eigenvalue weighted by atomic mass is 16.4. The fourth-order valence-corrected chi connectivity index (χ4v) is 1.66. The number of rotatable bonds is 4. The monoisotopic (exact) mass is 209 g/mol. The van der Waals surface area contributed by atoms with Crippen LogP contribution >= 0.6 is 0 Å². The normalized spacial score (nSPS) is 15.9. The van der Waals surface area contributed by atoms with Gasteiger partial charge < -0.3 is 9.52 Å². The van der Waals surface area contributed by atoms with Crippen molar-refractivity contribution >= 4 is 5.97 Å². The van der Waals surface area contributed by atoms with E-state index in [-0.39, 0.29) is 12.3 Å². The van der Waals surface area contributed by atoms with E-state index in [1.54, 1.807) is 0 Å². The Kier molecular flexibility index (Phi) is 2.50. The van der Waals surface area contributed by atoms with Crippen molar-refractivity contribution in [1.29, 1.82) is 0 Å². The predicted molar refractivity (Wildman–Crippen MR) is 53.9 cm³/mol. The van der Waals surface area contributed by atoms with E-state index in [0.29, 0.717) is 11.8 Å². The van der Waals surface area contributed by atoms with Gasteiger partial charge in [-0.05, 0) is 12.8 Å². The van der Waals surface area contributed by atoms with Crippen molar-refractivity contribution in [3.05, 3.63) is 17.3 Å². The van der Waals surface area contributed by atoms with Gasteiger partial charge in [-0.15, -0.1) is 0 Å². The lowest BCUT2D eigenvalue weighted by molar-refractivity contribution is -0.136. The zero-order valence-electron chi connectivity index (χ0n) is 8.99. The zero-order valence-corrected chi connectivity index (χ0v) is 8.99. The maximum atomic E-state index is 10.5. The van der Waals surface area contributed by atoms with Crippen molar-refractivity contribution < 1.29 is 14.3 Å². The summed E-state index contributed by atoms with van der Waals surface area (Å²) in [5, 5.41) is 8.66. The second kappa shape index (κ2) is 3.68. The Balaban J connectivity index is 2.26. The first-order chi connectivity index (χ1) is 7.08. The predicted octanol–water partition coefficient (Wildman–Crippen LogP) is 2.30. The molecule has 0 aromatic carbocycles. The van der Waals surface area contributed by atoms with Gasteiger partial charge in [0.15, 0.2) is 0 Å². The van der Waals surface area contributed by atoms with Crippen LogP contribution in [0, 0.1) is 0 Å². The molecule has 0 spiro atoms. The van der Waals surface area contributed by atoms with Crippen LogP contribution in [-0.2, 0) is 11.2 Å². The summed E-state index contributed by atoms with van der Waals surface area (Å²) in [7, 11) is 0. The number of hydrogen-bond acceptors (Lipinski definition) is 3. The van der Waals surface area contributed by atoms with Crippen molar-refractivity contribution in [3.63, 3.8) is 0 Å². The number of carboxylic acid groups (broad SMARTS) is 1. The molecule has 4 nitrogen and oxygen atoms in total. The standard InChI is InChI=1S/C11H15NO3/c1-6(2)11-10(7-3-4-7)12-8(15-11)5-9(13)14/h6-7H,3-5H2,1-2H3,(H,13,14). The molecule has 0 unspecified atom stereocenters.